The Morgan fingerprint density at radius 3 is 3.00 bits per heavy atom. The number of hydrogen-bond donors (Lipinski definition) is 2. The van der Waals surface area contributed by atoms with Gasteiger partial charge in [0.25, 0.3) is 5.91 Å². The molecule has 2 aromatic rings. The number of carbonyl (C=O) groups is 1. The Kier molecular flexibility index (Phi) is 4.57. The van der Waals surface area contributed by atoms with Crippen LogP contribution in [-0.4, -0.2) is 34.9 Å². The Balaban J connectivity index is 1.76. The Morgan fingerprint density at radius 1 is 1.42 bits per heavy atom. The molecule has 1 aromatic carbocycles. The highest BCUT2D eigenvalue weighted by Crippen LogP contribution is 2.30. The predicted octanol–water partition coefficient (Wildman–Crippen LogP) is 2.56. The molecule has 2 heterocycles. The van der Waals surface area contributed by atoms with Crippen LogP contribution in [-0.2, 0) is 6.42 Å². The average molecular weight is 330 g/mol. The van der Waals surface area contributed by atoms with Gasteiger partial charge in [0.1, 0.15) is 11.4 Å². The summed E-state index contributed by atoms with van der Waals surface area (Å²) in [6, 6.07) is 7.48. The zero-order chi connectivity index (χ0) is 17.2. The van der Waals surface area contributed by atoms with E-state index in [4.69, 9.17) is 14.4 Å². The van der Waals surface area contributed by atoms with E-state index in [1.165, 1.54) is 0 Å². The number of nitrogens with one attached hydrogen (secondary N) is 1. The lowest BCUT2D eigenvalue weighted by Crippen LogP contribution is -2.46. The van der Waals surface area contributed by atoms with E-state index in [2.05, 4.69) is 10.5 Å². The van der Waals surface area contributed by atoms with E-state index in [9.17, 15) is 4.79 Å². The maximum atomic E-state index is 12.4. The largest absolute Gasteiger partial charge is 0.493 e. The normalized spacial score (nSPS) is 15.5. The van der Waals surface area contributed by atoms with Gasteiger partial charge >= 0.3 is 0 Å². The number of aromatic nitrogens is 1. The van der Waals surface area contributed by atoms with Gasteiger partial charge in [0.2, 0.25) is 5.76 Å². The highest BCUT2D eigenvalue weighted by molar-refractivity contribution is 5.92. The first-order valence-corrected chi connectivity index (χ1v) is 8.21. The first-order valence-electron chi connectivity index (χ1n) is 8.21. The molecule has 6 nitrogen and oxygen atoms in total. The molecule has 0 saturated heterocycles. The lowest BCUT2D eigenvalue weighted by molar-refractivity contribution is 0.0848. The van der Waals surface area contributed by atoms with Gasteiger partial charge in [0.05, 0.1) is 6.61 Å². The van der Waals surface area contributed by atoms with Gasteiger partial charge in [0, 0.05) is 30.2 Å². The van der Waals surface area contributed by atoms with Gasteiger partial charge in [-0.2, -0.15) is 0 Å². The van der Waals surface area contributed by atoms with E-state index in [1.807, 2.05) is 32.0 Å². The minimum absolute atomic E-state index is 0.0173. The summed E-state index contributed by atoms with van der Waals surface area (Å²) in [6.07, 6.45) is 2.08. The summed E-state index contributed by atoms with van der Waals surface area (Å²) in [5, 5.41) is 16.1. The molecular weight excluding hydrogens is 308 g/mol. The molecule has 1 unspecified atom stereocenters. The highest BCUT2D eigenvalue weighted by Gasteiger charge is 2.26. The molecule has 6 heteroatoms. The van der Waals surface area contributed by atoms with Crippen LogP contribution in [0.15, 0.2) is 28.8 Å². The van der Waals surface area contributed by atoms with Crippen LogP contribution in [0.3, 0.4) is 0 Å². The summed E-state index contributed by atoms with van der Waals surface area (Å²) in [5.41, 5.74) is 2.19. The van der Waals surface area contributed by atoms with Crippen molar-refractivity contribution in [3.05, 3.63) is 35.6 Å². The minimum Gasteiger partial charge on any atom is -0.493 e. The van der Waals surface area contributed by atoms with Crippen molar-refractivity contribution in [1.82, 2.24) is 10.5 Å². The molecule has 1 amide bonds. The van der Waals surface area contributed by atoms with Crippen molar-refractivity contribution in [2.24, 2.45) is 0 Å². The third-order valence-corrected chi connectivity index (χ3v) is 4.58. The molecule has 2 N–H and O–H groups in total. The van der Waals surface area contributed by atoms with Gasteiger partial charge < -0.3 is 19.7 Å². The van der Waals surface area contributed by atoms with E-state index >= 15 is 0 Å². The first-order chi connectivity index (χ1) is 11.5. The topological polar surface area (TPSA) is 84.6 Å². The number of nitrogens with zero attached hydrogens (tertiary/aromatic N) is 1. The average Bonchev–Trinajstić information content (AvgIpc) is 3.23. The summed E-state index contributed by atoms with van der Waals surface area (Å²) >= 11 is 0. The molecule has 1 aromatic heterocycles. The highest BCUT2D eigenvalue weighted by atomic mass is 16.5. The summed E-state index contributed by atoms with van der Waals surface area (Å²) in [7, 11) is 0. The van der Waals surface area contributed by atoms with Gasteiger partial charge in [-0.25, -0.2) is 0 Å². The van der Waals surface area contributed by atoms with Crippen molar-refractivity contribution in [3.8, 4) is 17.0 Å². The zero-order valence-electron chi connectivity index (χ0n) is 14.0. The van der Waals surface area contributed by atoms with Crippen LogP contribution >= 0.6 is 0 Å². The Labute approximate surface area is 140 Å². The summed E-state index contributed by atoms with van der Waals surface area (Å²) < 4.78 is 10.7. The van der Waals surface area contributed by atoms with Crippen LogP contribution in [0.4, 0.5) is 0 Å². The molecule has 1 atom stereocenters. The number of rotatable bonds is 6. The van der Waals surface area contributed by atoms with Gasteiger partial charge in [0.15, 0.2) is 0 Å². The molecule has 0 spiro atoms. The second-order valence-corrected chi connectivity index (χ2v) is 6.34. The smallest absolute Gasteiger partial charge is 0.290 e. The van der Waals surface area contributed by atoms with E-state index < -0.39 is 5.54 Å². The lowest BCUT2D eigenvalue weighted by Gasteiger charge is -2.28. The number of amides is 1. The third-order valence-electron chi connectivity index (χ3n) is 4.58. The Hall–Kier alpha value is -2.34. The molecular formula is C18H22N2O4. The first kappa shape index (κ1) is 16.5. The molecule has 3 rings (SSSR count). The number of aliphatic hydroxyl groups excluding tert-OH is 1. The van der Waals surface area contributed by atoms with E-state index in [-0.39, 0.29) is 18.3 Å². The monoisotopic (exact) mass is 330 g/mol. The minimum atomic E-state index is -0.469. The molecule has 24 heavy (non-hydrogen) atoms. The van der Waals surface area contributed by atoms with E-state index in [0.717, 1.165) is 23.3 Å². The lowest BCUT2D eigenvalue weighted by atomic mass is 9.95. The van der Waals surface area contributed by atoms with E-state index in [1.54, 1.807) is 6.07 Å². The molecule has 128 valence electrons. The Bertz CT molecular complexity index is 740. The molecule has 0 aliphatic carbocycles. The fourth-order valence-electron chi connectivity index (χ4n) is 2.77. The van der Waals surface area contributed by atoms with Crippen LogP contribution in [0.2, 0.25) is 0 Å². The predicted molar refractivity (Wildman–Crippen MR) is 89.0 cm³/mol. The maximum absolute atomic E-state index is 12.4. The molecule has 1 aliphatic heterocycles. The van der Waals surface area contributed by atoms with Gasteiger partial charge in [-0.3, -0.25) is 4.79 Å². The SMILES string of the molecule is CCC(C)(CCO)NC(=O)c1cc(-c2ccc3c(c2)CCO3)no1. The number of hydrogen-bond acceptors (Lipinski definition) is 5. The summed E-state index contributed by atoms with van der Waals surface area (Å²) in [5.74, 6) is 0.748. The number of benzene rings is 1. The summed E-state index contributed by atoms with van der Waals surface area (Å²) in [4.78, 5) is 12.4. The zero-order valence-corrected chi connectivity index (χ0v) is 14.0. The van der Waals surface area contributed by atoms with Crippen molar-refractivity contribution in [1.29, 1.82) is 0 Å². The fraction of sp³-hybridized carbons (Fsp3) is 0.444. The maximum Gasteiger partial charge on any atom is 0.290 e. The molecule has 0 radical (unpaired) electrons. The number of ether oxygens (including phenoxy) is 1. The van der Waals surface area contributed by atoms with E-state index in [0.29, 0.717) is 25.1 Å². The second-order valence-electron chi connectivity index (χ2n) is 6.34. The summed E-state index contributed by atoms with van der Waals surface area (Å²) in [6.45, 7) is 4.59. The second kappa shape index (κ2) is 6.65. The Morgan fingerprint density at radius 2 is 2.25 bits per heavy atom. The van der Waals surface area contributed by atoms with Gasteiger partial charge in [-0.15, -0.1) is 0 Å². The molecule has 0 bridgehead atoms. The van der Waals surface area contributed by atoms with Crippen LogP contribution in [0.5, 0.6) is 5.75 Å². The number of carbonyl (C=O) groups excluding carboxylic acids is 1. The quantitative estimate of drug-likeness (QED) is 0.850. The fourth-order valence-corrected chi connectivity index (χ4v) is 2.77. The standard InChI is InChI=1S/C18H22N2O4/c1-3-18(2,7-8-21)19-17(22)16-11-14(20-24-16)12-4-5-15-13(10-12)6-9-23-15/h4-5,10-11,21H,3,6-9H2,1-2H3,(H,19,22). The van der Waals surface area contributed by atoms with Crippen molar-refractivity contribution >= 4 is 5.91 Å². The van der Waals surface area contributed by atoms with Crippen LogP contribution in [0.1, 0.15) is 42.8 Å². The van der Waals surface area contributed by atoms with Crippen LogP contribution in [0, 0.1) is 0 Å². The van der Waals surface area contributed by atoms with Gasteiger partial charge in [-0.05, 0) is 43.5 Å². The van der Waals surface area contributed by atoms with Gasteiger partial charge in [-0.1, -0.05) is 12.1 Å². The van der Waals surface area contributed by atoms with Crippen molar-refractivity contribution in [2.75, 3.05) is 13.2 Å². The molecule has 0 fully saturated rings. The number of fused-ring (bicyclic) bond motifs is 1. The van der Waals surface area contributed by atoms with Crippen molar-refractivity contribution < 1.29 is 19.2 Å². The third kappa shape index (κ3) is 3.28. The molecule has 1 aliphatic rings. The molecule has 0 saturated carbocycles. The number of aliphatic hydroxyl groups is 1. The van der Waals surface area contributed by atoms with Crippen molar-refractivity contribution in [3.63, 3.8) is 0 Å². The van der Waals surface area contributed by atoms with Crippen LogP contribution < -0.4 is 10.1 Å². The van der Waals surface area contributed by atoms with Crippen molar-refractivity contribution in [2.45, 2.75) is 38.6 Å². The van der Waals surface area contributed by atoms with Crippen LogP contribution in [0.25, 0.3) is 11.3 Å².